The highest BCUT2D eigenvalue weighted by atomic mass is 35.5. The van der Waals surface area contributed by atoms with Crippen molar-refractivity contribution in [3.8, 4) is 0 Å². The first-order valence-corrected chi connectivity index (χ1v) is 11.1. The zero-order chi connectivity index (χ0) is 21.3. The molecule has 30 heavy (non-hydrogen) atoms. The molecular weight excluding hydrogens is 435 g/mol. The number of halogens is 2. The van der Waals surface area contributed by atoms with Gasteiger partial charge in [0.05, 0.1) is 25.7 Å². The highest BCUT2D eigenvalue weighted by molar-refractivity contribution is 7.22. The van der Waals surface area contributed by atoms with Crippen molar-refractivity contribution < 1.29 is 4.79 Å². The first kappa shape index (κ1) is 20.9. The Kier molecular flexibility index (Phi) is 5.83. The minimum Gasteiger partial charge on any atom is -0.301 e. The minimum absolute atomic E-state index is 0.101. The highest BCUT2D eigenvalue weighted by Gasteiger charge is 2.39. The predicted octanol–water partition coefficient (Wildman–Crippen LogP) is 7.40. The van der Waals surface area contributed by atoms with Crippen molar-refractivity contribution in [2.75, 3.05) is 5.32 Å². The summed E-state index contributed by atoms with van der Waals surface area (Å²) in [7, 11) is 0. The van der Waals surface area contributed by atoms with Gasteiger partial charge in [0.2, 0.25) is 5.91 Å². The van der Waals surface area contributed by atoms with Crippen LogP contribution >= 0.6 is 34.5 Å². The summed E-state index contributed by atoms with van der Waals surface area (Å²) in [6.45, 7) is 3.93. The Morgan fingerprint density at radius 2 is 1.47 bits per heavy atom. The summed E-state index contributed by atoms with van der Waals surface area (Å²) in [6, 6.07) is 23.7. The van der Waals surface area contributed by atoms with Crippen molar-refractivity contribution in [2.24, 2.45) is 5.41 Å². The summed E-state index contributed by atoms with van der Waals surface area (Å²) < 4.78 is 0.875. The van der Waals surface area contributed by atoms with E-state index in [1.165, 1.54) is 11.3 Å². The Hall–Kier alpha value is -2.40. The van der Waals surface area contributed by atoms with Gasteiger partial charge >= 0.3 is 0 Å². The van der Waals surface area contributed by atoms with Crippen LogP contribution in [0.5, 0.6) is 0 Å². The molecule has 1 amide bonds. The third-order valence-electron chi connectivity index (χ3n) is 5.22. The fraction of sp³-hybridized carbons (Fsp3) is 0.167. The van der Waals surface area contributed by atoms with Crippen LogP contribution in [0.15, 0.2) is 72.8 Å². The lowest BCUT2D eigenvalue weighted by atomic mass is 9.70. The van der Waals surface area contributed by atoms with E-state index in [0.717, 1.165) is 15.8 Å². The number of hydrogen-bond acceptors (Lipinski definition) is 3. The summed E-state index contributed by atoms with van der Waals surface area (Å²) in [6.07, 6.45) is 0. The van der Waals surface area contributed by atoms with Crippen LogP contribution in [0.3, 0.4) is 0 Å². The lowest BCUT2D eigenvalue weighted by Crippen LogP contribution is -2.37. The van der Waals surface area contributed by atoms with E-state index in [-0.39, 0.29) is 11.8 Å². The molecule has 1 heterocycles. The molecule has 0 unspecified atom stereocenters. The quantitative estimate of drug-likeness (QED) is 0.341. The second-order valence-corrected chi connectivity index (χ2v) is 9.53. The Morgan fingerprint density at radius 3 is 2.03 bits per heavy atom. The molecule has 6 heteroatoms. The summed E-state index contributed by atoms with van der Waals surface area (Å²) in [5, 5.41) is 4.46. The van der Waals surface area contributed by atoms with Gasteiger partial charge in [0.25, 0.3) is 0 Å². The van der Waals surface area contributed by atoms with Gasteiger partial charge in [-0.1, -0.05) is 109 Å². The number of aromatic nitrogens is 1. The molecule has 4 aromatic rings. The summed E-state index contributed by atoms with van der Waals surface area (Å²) >= 11 is 13.6. The first-order valence-electron chi connectivity index (χ1n) is 9.53. The van der Waals surface area contributed by atoms with Gasteiger partial charge in [-0.15, -0.1) is 0 Å². The molecule has 3 aromatic carbocycles. The average molecular weight is 455 g/mol. The fourth-order valence-electron chi connectivity index (χ4n) is 3.68. The molecule has 0 fully saturated rings. The van der Waals surface area contributed by atoms with Crippen LogP contribution in [-0.2, 0) is 4.79 Å². The Labute approximate surface area is 189 Å². The molecule has 0 aliphatic carbocycles. The molecule has 0 radical (unpaired) electrons. The minimum atomic E-state index is -0.726. The van der Waals surface area contributed by atoms with Gasteiger partial charge in [0, 0.05) is 5.92 Å². The molecule has 3 nitrogen and oxygen atoms in total. The molecule has 0 spiro atoms. The van der Waals surface area contributed by atoms with E-state index in [9.17, 15) is 4.79 Å². The van der Waals surface area contributed by atoms with E-state index in [2.05, 4.69) is 34.6 Å². The van der Waals surface area contributed by atoms with Gasteiger partial charge in [-0.3, -0.25) is 4.79 Å². The molecule has 0 atom stereocenters. The number of carbonyl (C=O) groups is 1. The monoisotopic (exact) mass is 454 g/mol. The van der Waals surface area contributed by atoms with Crippen molar-refractivity contribution in [3.63, 3.8) is 0 Å². The topological polar surface area (TPSA) is 42.0 Å². The fourth-order valence-corrected chi connectivity index (χ4v) is 4.95. The zero-order valence-electron chi connectivity index (χ0n) is 16.5. The van der Waals surface area contributed by atoms with Crippen LogP contribution in [-0.4, -0.2) is 10.9 Å². The largest absolute Gasteiger partial charge is 0.301 e. The number of carbonyl (C=O) groups excluding carboxylic acids is 1. The van der Waals surface area contributed by atoms with Crippen molar-refractivity contribution in [2.45, 2.75) is 19.8 Å². The summed E-state index contributed by atoms with van der Waals surface area (Å²) in [4.78, 5) is 18.0. The average Bonchev–Trinajstić information content (AvgIpc) is 3.10. The van der Waals surface area contributed by atoms with Crippen molar-refractivity contribution >= 4 is 55.8 Å². The maximum atomic E-state index is 13.4. The molecule has 0 bridgehead atoms. The highest BCUT2D eigenvalue weighted by Crippen LogP contribution is 2.42. The number of fused-ring (bicyclic) bond motifs is 1. The number of anilines is 1. The van der Waals surface area contributed by atoms with E-state index in [1.807, 2.05) is 50.2 Å². The van der Waals surface area contributed by atoms with E-state index in [1.54, 1.807) is 12.1 Å². The number of rotatable bonds is 5. The molecule has 0 aliphatic heterocycles. The van der Waals surface area contributed by atoms with Crippen LogP contribution < -0.4 is 5.32 Å². The van der Waals surface area contributed by atoms with Crippen LogP contribution in [0.25, 0.3) is 10.2 Å². The molecule has 1 N–H and O–H groups in total. The number of nitrogens with zero attached hydrogens (tertiary/aromatic N) is 1. The normalized spacial score (nSPS) is 11.8. The van der Waals surface area contributed by atoms with E-state index in [4.69, 9.17) is 23.2 Å². The first-order chi connectivity index (χ1) is 14.4. The number of hydrogen-bond donors (Lipinski definition) is 1. The summed E-state index contributed by atoms with van der Waals surface area (Å²) in [5.74, 6) is -0.213. The maximum absolute atomic E-state index is 13.4. The summed E-state index contributed by atoms with van der Waals surface area (Å²) in [5.41, 5.74) is 2.17. The molecular formula is C24H20Cl2N2OS. The molecule has 0 saturated heterocycles. The van der Waals surface area contributed by atoms with Crippen LogP contribution in [0.1, 0.15) is 30.9 Å². The van der Waals surface area contributed by atoms with E-state index in [0.29, 0.717) is 20.7 Å². The lowest BCUT2D eigenvalue weighted by Gasteiger charge is -2.33. The smallest absolute Gasteiger partial charge is 0.232 e. The van der Waals surface area contributed by atoms with Gasteiger partial charge in [-0.25, -0.2) is 4.98 Å². The molecule has 0 aliphatic rings. The van der Waals surface area contributed by atoms with Crippen LogP contribution in [0.2, 0.25) is 10.0 Å². The van der Waals surface area contributed by atoms with Gasteiger partial charge in [-0.05, 0) is 23.3 Å². The molecule has 0 saturated carbocycles. The third kappa shape index (κ3) is 4.08. The predicted molar refractivity (Wildman–Crippen MR) is 127 cm³/mol. The molecule has 1 aromatic heterocycles. The Bertz CT molecular complexity index is 1110. The number of nitrogens with one attached hydrogen (secondary N) is 1. The standard InChI is InChI=1S/C24H20Cl2N2OS/c1-24(2,21(15-9-5-3-6-10-15)16-11-7-4-8-12-16)22(29)28-23-27-19-13-17(25)18(26)14-20(19)30-23/h3-14,21H,1-2H3,(H,27,28,29). The SMILES string of the molecule is CC(C)(C(=O)Nc1nc2cc(Cl)c(Cl)cc2s1)C(c1ccccc1)c1ccccc1. The molecule has 4 rings (SSSR count). The maximum Gasteiger partial charge on any atom is 0.232 e. The van der Waals surface area contributed by atoms with Crippen molar-refractivity contribution in [1.82, 2.24) is 4.98 Å². The second kappa shape index (κ2) is 8.38. The van der Waals surface area contributed by atoms with Gasteiger partial charge in [0.1, 0.15) is 0 Å². The number of benzene rings is 3. The second-order valence-electron chi connectivity index (χ2n) is 7.68. The van der Waals surface area contributed by atoms with Crippen LogP contribution in [0, 0.1) is 5.41 Å². The Morgan fingerprint density at radius 1 is 0.933 bits per heavy atom. The van der Waals surface area contributed by atoms with Crippen LogP contribution in [0.4, 0.5) is 5.13 Å². The van der Waals surface area contributed by atoms with E-state index < -0.39 is 5.41 Å². The Balaban J connectivity index is 1.68. The van der Waals surface area contributed by atoms with E-state index >= 15 is 0 Å². The van der Waals surface area contributed by atoms with Gasteiger partial charge < -0.3 is 5.32 Å². The molecule has 152 valence electrons. The van der Waals surface area contributed by atoms with Crippen molar-refractivity contribution in [1.29, 1.82) is 0 Å². The number of thiazole rings is 1. The zero-order valence-corrected chi connectivity index (χ0v) is 18.9. The van der Waals surface area contributed by atoms with Crippen molar-refractivity contribution in [3.05, 3.63) is 94.0 Å². The van der Waals surface area contributed by atoms with Gasteiger partial charge in [0.15, 0.2) is 5.13 Å². The third-order valence-corrected chi connectivity index (χ3v) is 6.88. The van der Waals surface area contributed by atoms with Gasteiger partial charge in [-0.2, -0.15) is 0 Å². The number of amides is 1. The lowest BCUT2D eigenvalue weighted by molar-refractivity contribution is -0.124.